The van der Waals surface area contributed by atoms with Gasteiger partial charge in [-0.2, -0.15) is 13.2 Å². The third-order valence-electron chi connectivity index (χ3n) is 3.68. The average molecular weight is 355 g/mol. The van der Waals surface area contributed by atoms with Gasteiger partial charge in [-0.15, -0.1) is 0 Å². The number of halogens is 3. The Morgan fingerprint density at radius 2 is 2.04 bits per heavy atom. The highest BCUT2D eigenvalue weighted by atomic mass is 19.4. The molecule has 0 saturated carbocycles. The number of rotatable bonds is 6. The molecule has 25 heavy (non-hydrogen) atoms. The molecule has 1 amide bonds. The fourth-order valence-corrected chi connectivity index (χ4v) is 2.49. The van der Waals surface area contributed by atoms with Crippen molar-refractivity contribution in [3.8, 4) is 0 Å². The maximum absolute atomic E-state index is 12.7. The monoisotopic (exact) mass is 355 g/mol. The van der Waals surface area contributed by atoms with E-state index in [1.807, 2.05) is 18.4 Å². The van der Waals surface area contributed by atoms with Crippen LogP contribution in [0.3, 0.4) is 0 Å². The second kappa shape index (κ2) is 7.62. The molecule has 2 aromatic rings. The molecule has 1 atom stereocenters. The summed E-state index contributed by atoms with van der Waals surface area (Å²) in [6.45, 7) is 5.40. The van der Waals surface area contributed by atoms with E-state index in [0.29, 0.717) is 0 Å². The topological polar surface area (TPSA) is 72.7 Å². The largest absolute Gasteiger partial charge is 0.433 e. The van der Waals surface area contributed by atoms with Crippen LogP contribution in [0.25, 0.3) is 0 Å². The van der Waals surface area contributed by atoms with Crippen molar-refractivity contribution in [1.82, 2.24) is 24.8 Å². The van der Waals surface area contributed by atoms with Crippen molar-refractivity contribution in [3.05, 3.63) is 41.5 Å². The molecule has 1 N–H and O–H groups in total. The predicted molar refractivity (Wildman–Crippen MR) is 84.8 cm³/mol. The Balaban J connectivity index is 1.87. The molecule has 0 saturated heterocycles. The first-order valence-corrected chi connectivity index (χ1v) is 7.84. The van der Waals surface area contributed by atoms with Crippen LogP contribution in [0.4, 0.5) is 13.2 Å². The van der Waals surface area contributed by atoms with Gasteiger partial charge in [0.15, 0.2) is 0 Å². The molecule has 2 heterocycles. The Morgan fingerprint density at radius 3 is 2.64 bits per heavy atom. The first-order chi connectivity index (χ1) is 11.7. The van der Waals surface area contributed by atoms with E-state index in [2.05, 4.69) is 20.3 Å². The predicted octanol–water partition coefficient (Wildman–Crippen LogP) is 2.62. The number of alkyl halides is 3. The number of hydrogen-bond donors (Lipinski definition) is 1. The van der Waals surface area contributed by atoms with Gasteiger partial charge in [0.25, 0.3) is 0 Å². The Hall–Kier alpha value is -2.45. The summed E-state index contributed by atoms with van der Waals surface area (Å²) in [4.78, 5) is 23.6. The molecule has 0 spiro atoms. The van der Waals surface area contributed by atoms with Crippen LogP contribution < -0.4 is 5.32 Å². The van der Waals surface area contributed by atoms with E-state index in [0.717, 1.165) is 11.9 Å². The molecule has 0 aliphatic heterocycles. The van der Waals surface area contributed by atoms with Crippen molar-refractivity contribution in [2.24, 2.45) is 0 Å². The van der Waals surface area contributed by atoms with E-state index in [1.54, 1.807) is 12.4 Å². The second-order valence-corrected chi connectivity index (χ2v) is 5.84. The van der Waals surface area contributed by atoms with Gasteiger partial charge in [0.1, 0.15) is 17.3 Å². The molecular formula is C16H20F3N5O. The van der Waals surface area contributed by atoms with Gasteiger partial charge in [-0.1, -0.05) is 0 Å². The maximum atomic E-state index is 12.7. The summed E-state index contributed by atoms with van der Waals surface area (Å²) in [6.07, 6.45) is -0.665. The zero-order chi connectivity index (χ0) is 18.6. The fraction of sp³-hybridized carbons (Fsp3) is 0.500. The molecule has 0 fully saturated rings. The molecule has 2 aromatic heterocycles. The van der Waals surface area contributed by atoms with E-state index in [4.69, 9.17) is 0 Å². The van der Waals surface area contributed by atoms with Crippen molar-refractivity contribution in [2.45, 2.75) is 45.8 Å². The molecule has 0 radical (unpaired) electrons. The number of nitrogens with zero attached hydrogens (tertiary/aromatic N) is 4. The van der Waals surface area contributed by atoms with Crippen LogP contribution in [0.15, 0.2) is 18.5 Å². The van der Waals surface area contributed by atoms with Gasteiger partial charge >= 0.3 is 6.18 Å². The minimum atomic E-state index is -4.51. The summed E-state index contributed by atoms with van der Waals surface area (Å²) in [6, 6.07) is 0.839. The summed E-state index contributed by atoms with van der Waals surface area (Å²) < 4.78 is 40.1. The van der Waals surface area contributed by atoms with Gasteiger partial charge < -0.3 is 9.88 Å². The number of amides is 1. The molecule has 0 aromatic carbocycles. The Labute approximate surface area is 143 Å². The summed E-state index contributed by atoms with van der Waals surface area (Å²) >= 11 is 0. The maximum Gasteiger partial charge on any atom is 0.433 e. The van der Waals surface area contributed by atoms with Gasteiger partial charge in [-0.3, -0.25) is 4.79 Å². The molecule has 0 aliphatic rings. The zero-order valence-electron chi connectivity index (χ0n) is 14.3. The minimum absolute atomic E-state index is 0.0606. The lowest BCUT2D eigenvalue weighted by Crippen LogP contribution is -2.28. The van der Waals surface area contributed by atoms with Crippen LogP contribution in [0.1, 0.15) is 42.4 Å². The minimum Gasteiger partial charge on any atom is -0.356 e. The number of carbonyl (C=O) groups excluding carboxylic acids is 1. The third kappa shape index (κ3) is 5.27. The van der Waals surface area contributed by atoms with Crippen LogP contribution in [0.5, 0.6) is 0 Å². The van der Waals surface area contributed by atoms with Crippen molar-refractivity contribution in [3.63, 3.8) is 0 Å². The first-order valence-electron chi connectivity index (χ1n) is 7.84. The Bertz CT molecular complexity index is 742. The normalized spacial score (nSPS) is 12.9. The van der Waals surface area contributed by atoms with E-state index in [-0.39, 0.29) is 42.9 Å². The van der Waals surface area contributed by atoms with Gasteiger partial charge in [-0.25, -0.2) is 15.0 Å². The summed E-state index contributed by atoms with van der Waals surface area (Å²) in [5.41, 5.74) is -0.724. The lowest BCUT2D eigenvalue weighted by Gasteiger charge is -2.15. The molecule has 9 heteroatoms. The molecule has 0 aliphatic carbocycles. The van der Waals surface area contributed by atoms with Crippen LogP contribution in [-0.2, 0) is 17.4 Å². The Morgan fingerprint density at radius 1 is 1.32 bits per heavy atom. The Kier molecular flexibility index (Phi) is 5.76. The second-order valence-electron chi connectivity index (χ2n) is 5.84. The third-order valence-corrected chi connectivity index (χ3v) is 3.68. The van der Waals surface area contributed by atoms with Gasteiger partial charge in [0.2, 0.25) is 5.91 Å². The van der Waals surface area contributed by atoms with Crippen LogP contribution >= 0.6 is 0 Å². The number of aromatic nitrogens is 4. The van der Waals surface area contributed by atoms with E-state index >= 15 is 0 Å². The molecule has 6 nitrogen and oxygen atoms in total. The van der Waals surface area contributed by atoms with Gasteiger partial charge in [0, 0.05) is 43.5 Å². The lowest BCUT2D eigenvalue weighted by molar-refractivity contribution is -0.141. The molecular weight excluding hydrogens is 335 g/mol. The number of nitrogens with one attached hydrogen (secondary N) is 1. The summed E-state index contributed by atoms with van der Waals surface area (Å²) in [5, 5.41) is 2.69. The molecule has 136 valence electrons. The summed E-state index contributed by atoms with van der Waals surface area (Å²) in [5.74, 6) is 0.684. The van der Waals surface area contributed by atoms with Crippen LogP contribution in [0, 0.1) is 13.8 Å². The lowest BCUT2D eigenvalue weighted by atomic mass is 10.2. The van der Waals surface area contributed by atoms with Crippen LogP contribution in [0.2, 0.25) is 0 Å². The average Bonchev–Trinajstić information content (AvgIpc) is 2.92. The van der Waals surface area contributed by atoms with E-state index in [1.165, 1.54) is 6.92 Å². The van der Waals surface area contributed by atoms with Gasteiger partial charge in [-0.05, 0) is 26.8 Å². The zero-order valence-corrected chi connectivity index (χ0v) is 14.3. The standard InChI is InChI=1S/C16H20F3N5O/c1-10-8-13(16(17,18)19)23-14(22-10)4-5-21-15(25)9-11(2)24-7-6-20-12(24)3/h6-8,11H,4-5,9H2,1-3H3,(H,21,25)/t11-/m0/s1. The van der Waals surface area contributed by atoms with Gasteiger partial charge in [0.05, 0.1) is 0 Å². The highest BCUT2D eigenvalue weighted by Gasteiger charge is 2.33. The first kappa shape index (κ1) is 18.9. The molecule has 2 rings (SSSR count). The SMILES string of the molecule is Cc1cc(C(F)(F)F)nc(CCNC(=O)C[C@H](C)n2ccnc2C)n1. The number of imidazole rings is 1. The summed E-state index contributed by atoms with van der Waals surface area (Å²) in [7, 11) is 0. The number of carbonyl (C=O) groups is 1. The quantitative estimate of drug-likeness (QED) is 0.865. The van der Waals surface area contributed by atoms with Crippen molar-refractivity contribution in [1.29, 1.82) is 0 Å². The van der Waals surface area contributed by atoms with Crippen molar-refractivity contribution in [2.75, 3.05) is 6.54 Å². The number of hydrogen-bond acceptors (Lipinski definition) is 4. The van der Waals surface area contributed by atoms with Crippen LogP contribution in [-0.4, -0.2) is 32.0 Å². The van der Waals surface area contributed by atoms with E-state index < -0.39 is 11.9 Å². The van der Waals surface area contributed by atoms with E-state index in [9.17, 15) is 18.0 Å². The fourth-order valence-electron chi connectivity index (χ4n) is 2.49. The molecule has 0 unspecified atom stereocenters. The van der Waals surface area contributed by atoms with Crippen molar-refractivity contribution >= 4 is 5.91 Å². The highest BCUT2D eigenvalue weighted by molar-refractivity contribution is 5.76. The smallest absolute Gasteiger partial charge is 0.356 e. The molecule has 0 bridgehead atoms. The highest BCUT2D eigenvalue weighted by Crippen LogP contribution is 2.27. The van der Waals surface area contributed by atoms with Crippen molar-refractivity contribution < 1.29 is 18.0 Å². The number of aryl methyl sites for hydroxylation is 2.